The molecule has 1 aliphatic rings. The molecule has 0 fully saturated rings. The molecule has 0 unspecified atom stereocenters. The summed E-state index contributed by atoms with van der Waals surface area (Å²) in [6, 6.07) is 38.2. The minimum absolute atomic E-state index is 0.00515. The van der Waals surface area contributed by atoms with Gasteiger partial charge < -0.3 is 4.57 Å². The van der Waals surface area contributed by atoms with Gasteiger partial charge in [-0.25, -0.2) is 0 Å². The molecule has 0 radical (unpaired) electrons. The molecule has 8 rings (SSSR count). The van der Waals surface area contributed by atoms with Gasteiger partial charge in [0, 0.05) is 31.7 Å². The van der Waals surface area contributed by atoms with E-state index in [1.54, 1.807) is 0 Å². The predicted octanol–water partition coefficient (Wildman–Crippen LogP) is 9.46. The molecule has 0 saturated heterocycles. The van der Waals surface area contributed by atoms with Crippen LogP contribution in [0, 0.1) is 0 Å². The average molecular weight is 466 g/mol. The number of nitrogens with zero attached hydrogens (tertiary/aromatic N) is 1. The Morgan fingerprint density at radius 1 is 0.571 bits per heavy atom. The molecular weight excluding hydrogens is 442 g/mol. The Labute approximate surface area is 207 Å². The lowest BCUT2D eigenvalue weighted by Crippen LogP contribution is -2.14. The molecule has 0 atom stereocenters. The molecule has 166 valence electrons. The van der Waals surface area contributed by atoms with Gasteiger partial charge >= 0.3 is 0 Å². The molecule has 0 aliphatic heterocycles. The summed E-state index contributed by atoms with van der Waals surface area (Å²) in [4.78, 5) is 0. The van der Waals surface area contributed by atoms with E-state index in [-0.39, 0.29) is 5.41 Å². The standard InChI is InChI=1S/C33H23NS/c1-33(2)26-14-6-3-10-20(26)24-19-30-25(18-27(24)33)21-11-4-7-15-28(21)34(30)29-16-9-13-23-22-12-5-8-17-31(22)35-32(23)29/h3-19H,1-2H3. The van der Waals surface area contributed by atoms with E-state index in [2.05, 4.69) is 122 Å². The fraction of sp³-hybridized carbons (Fsp3) is 0.0909. The van der Waals surface area contributed by atoms with Gasteiger partial charge in [0.1, 0.15) is 0 Å². The van der Waals surface area contributed by atoms with Gasteiger partial charge in [0.25, 0.3) is 0 Å². The van der Waals surface area contributed by atoms with Gasteiger partial charge in [0.15, 0.2) is 0 Å². The maximum Gasteiger partial charge on any atom is 0.0640 e. The number of para-hydroxylation sites is 1. The summed E-state index contributed by atoms with van der Waals surface area (Å²) in [5.74, 6) is 0. The van der Waals surface area contributed by atoms with Gasteiger partial charge in [0.05, 0.1) is 21.4 Å². The molecule has 0 N–H and O–H groups in total. The van der Waals surface area contributed by atoms with E-state index in [1.165, 1.54) is 69.9 Å². The Kier molecular flexibility index (Phi) is 3.67. The van der Waals surface area contributed by atoms with Crippen molar-refractivity contribution in [3.63, 3.8) is 0 Å². The molecular formula is C33H23NS. The van der Waals surface area contributed by atoms with Gasteiger partial charge in [-0.15, -0.1) is 11.3 Å². The second-order valence-electron chi connectivity index (χ2n) is 10.2. The summed E-state index contributed by atoms with van der Waals surface area (Å²) in [6.07, 6.45) is 0. The van der Waals surface area contributed by atoms with Crippen molar-refractivity contribution in [2.45, 2.75) is 19.3 Å². The lowest BCUT2D eigenvalue weighted by atomic mass is 9.82. The molecule has 1 aliphatic carbocycles. The number of benzene rings is 5. The number of rotatable bonds is 1. The monoisotopic (exact) mass is 465 g/mol. The summed E-state index contributed by atoms with van der Waals surface area (Å²) < 4.78 is 5.18. The third kappa shape index (κ3) is 2.42. The Balaban J connectivity index is 1.54. The summed E-state index contributed by atoms with van der Waals surface area (Å²) in [5, 5.41) is 5.32. The van der Waals surface area contributed by atoms with Crippen molar-refractivity contribution in [3.8, 4) is 16.8 Å². The van der Waals surface area contributed by atoms with Crippen LogP contribution in [0.2, 0.25) is 0 Å². The Morgan fingerprint density at radius 3 is 2.23 bits per heavy atom. The molecule has 0 spiro atoms. The van der Waals surface area contributed by atoms with Gasteiger partial charge in [-0.1, -0.05) is 86.6 Å². The zero-order valence-electron chi connectivity index (χ0n) is 19.7. The molecule has 2 heteroatoms. The second kappa shape index (κ2) is 6.62. The molecule has 35 heavy (non-hydrogen) atoms. The van der Waals surface area contributed by atoms with Crippen LogP contribution in [0.25, 0.3) is 58.8 Å². The second-order valence-corrected chi connectivity index (χ2v) is 11.2. The highest BCUT2D eigenvalue weighted by molar-refractivity contribution is 7.26. The first-order chi connectivity index (χ1) is 17.1. The number of aromatic nitrogens is 1. The van der Waals surface area contributed by atoms with Crippen molar-refractivity contribution in [1.29, 1.82) is 0 Å². The van der Waals surface area contributed by atoms with E-state index in [9.17, 15) is 0 Å². The van der Waals surface area contributed by atoms with Gasteiger partial charge in [-0.2, -0.15) is 0 Å². The third-order valence-electron chi connectivity index (χ3n) is 8.00. The molecule has 2 aromatic heterocycles. The van der Waals surface area contributed by atoms with Crippen LogP contribution < -0.4 is 0 Å². The third-order valence-corrected chi connectivity index (χ3v) is 9.21. The summed E-state index contributed by atoms with van der Waals surface area (Å²) in [5.41, 5.74) is 9.38. The van der Waals surface area contributed by atoms with Crippen molar-refractivity contribution >= 4 is 53.3 Å². The van der Waals surface area contributed by atoms with E-state index < -0.39 is 0 Å². The summed E-state index contributed by atoms with van der Waals surface area (Å²) in [7, 11) is 0. The summed E-state index contributed by atoms with van der Waals surface area (Å²) in [6.45, 7) is 4.72. The maximum atomic E-state index is 2.50. The molecule has 1 nitrogen and oxygen atoms in total. The average Bonchev–Trinajstić information content (AvgIpc) is 3.50. The Hall–Kier alpha value is -3.88. The maximum absolute atomic E-state index is 2.50. The topological polar surface area (TPSA) is 4.93 Å². The minimum atomic E-state index is -0.00515. The van der Waals surface area contributed by atoms with Crippen molar-refractivity contribution in [1.82, 2.24) is 4.57 Å². The fourth-order valence-electron chi connectivity index (χ4n) is 6.33. The first kappa shape index (κ1) is 19.4. The van der Waals surface area contributed by atoms with Crippen LogP contribution in [0.3, 0.4) is 0 Å². The predicted molar refractivity (Wildman–Crippen MR) is 151 cm³/mol. The van der Waals surface area contributed by atoms with Gasteiger partial charge in [-0.3, -0.25) is 0 Å². The highest BCUT2D eigenvalue weighted by Crippen LogP contribution is 2.51. The normalized spacial score (nSPS) is 14.2. The molecule has 2 heterocycles. The first-order valence-corrected chi connectivity index (χ1v) is 13.0. The van der Waals surface area contributed by atoms with Crippen LogP contribution in [0.4, 0.5) is 0 Å². The SMILES string of the molecule is CC1(C)c2ccccc2-c2cc3c(cc21)c1ccccc1n3-c1cccc2c1sc1ccccc12. The fourth-order valence-corrected chi connectivity index (χ4v) is 7.54. The molecule has 0 amide bonds. The lowest BCUT2D eigenvalue weighted by molar-refractivity contribution is 0.661. The Bertz CT molecular complexity index is 1980. The quantitative estimate of drug-likeness (QED) is 0.227. The molecule has 0 saturated carbocycles. The lowest BCUT2D eigenvalue weighted by Gasteiger charge is -2.21. The van der Waals surface area contributed by atoms with Crippen LogP contribution in [0.5, 0.6) is 0 Å². The number of fused-ring (bicyclic) bond motifs is 9. The van der Waals surface area contributed by atoms with Crippen LogP contribution in [-0.4, -0.2) is 4.57 Å². The van der Waals surface area contributed by atoms with Gasteiger partial charge in [-0.05, 0) is 52.6 Å². The van der Waals surface area contributed by atoms with Crippen molar-refractivity contribution in [2.75, 3.05) is 0 Å². The van der Waals surface area contributed by atoms with Crippen LogP contribution in [0.1, 0.15) is 25.0 Å². The van der Waals surface area contributed by atoms with E-state index >= 15 is 0 Å². The van der Waals surface area contributed by atoms with Crippen molar-refractivity contribution in [3.05, 3.63) is 114 Å². The highest BCUT2D eigenvalue weighted by Gasteiger charge is 2.36. The molecule has 5 aromatic carbocycles. The first-order valence-electron chi connectivity index (χ1n) is 12.2. The summed E-state index contributed by atoms with van der Waals surface area (Å²) >= 11 is 1.90. The van der Waals surface area contributed by atoms with E-state index in [4.69, 9.17) is 0 Å². The minimum Gasteiger partial charge on any atom is -0.308 e. The molecule has 7 aromatic rings. The van der Waals surface area contributed by atoms with E-state index in [0.717, 1.165) is 0 Å². The van der Waals surface area contributed by atoms with Crippen LogP contribution in [0.15, 0.2) is 103 Å². The largest absolute Gasteiger partial charge is 0.308 e. The Morgan fingerprint density at radius 2 is 1.31 bits per heavy atom. The number of thiophene rings is 1. The van der Waals surface area contributed by atoms with Gasteiger partial charge in [0.2, 0.25) is 0 Å². The van der Waals surface area contributed by atoms with E-state index in [0.29, 0.717) is 0 Å². The van der Waals surface area contributed by atoms with Crippen molar-refractivity contribution < 1.29 is 0 Å². The van der Waals surface area contributed by atoms with E-state index in [1.807, 2.05) is 11.3 Å². The highest BCUT2D eigenvalue weighted by atomic mass is 32.1. The smallest absolute Gasteiger partial charge is 0.0640 e. The molecule has 0 bridgehead atoms. The van der Waals surface area contributed by atoms with Crippen LogP contribution >= 0.6 is 11.3 Å². The zero-order chi connectivity index (χ0) is 23.3. The van der Waals surface area contributed by atoms with Crippen molar-refractivity contribution in [2.24, 2.45) is 0 Å². The number of hydrogen-bond donors (Lipinski definition) is 0. The van der Waals surface area contributed by atoms with Crippen LogP contribution in [-0.2, 0) is 5.41 Å². The number of hydrogen-bond acceptors (Lipinski definition) is 1. The zero-order valence-corrected chi connectivity index (χ0v) is 20.5.